The Morgan fingerprint density at radius 2 is 2.59 bits per heavy atom. The van der Waals surface area contributed by atoms with Crippen molar-refractivity contribution in [3.63, 3.8) is 0 Å². The monoisotopic (exact) mass is 239 g/mol. The predicted octanol–water partition coefficient (Wildman–Crippen LogP) is -0.598. The molecule has 1 aromatic heterocycles. The van der Waals surface area contributed by atoms with Crippen LogP contribution in [0.15, 0.2) is 6.33 Å². The van der Waals surface area contributed by atoms with Crippen LogP contribution in [0.25, 0.3) is 0 Å². The van der Waals surface area contributed by atoms with E-state index in [-0.39, 0.29) is 24.5 Å². The summed E-state index contributed by atoms with van der Waals surface area (Å²) in [6, 6.07) is 0. The number of carbonyl (C=O) groups excluding carboxylic acids is 1. The number of anilines is 1. The van der Waals surface area contributed by atoms with Crippen LogP contribution in [0.2, 0.25) is 0 Å². The number of nitrogens with zero attached hydrogens (tertiary/aromatic N) is 3. The molecule has 1 aliphatic rings. The van der Waals surface area contributed by atoms with Gasteiger partial charge in [-0.15, -0.1) is 5.10 Å². The van der Waals surface area contributed by atoms with Gasteiger partial charge in [0.25, 0.3) is 0 Å². The van der Waals surface area contributed by atoms with Gasteiger partial charge in [-0.05, 0) is 13.3 Å². The van der Waals surface area contributed by atoms with Crippen molar-refractivity contribution in [3.8, 4) is 0 Å². The van der Waals surface area contributed by atoms with Gasteiger partial charge >= 0.3 is 0 Å². The number of hydrogen-bond donors (Lipinski definition) is 2. The Kier molecular flexibility index (Phi) is 3.58. The van der Waals surface area contributed by atoms with Crippen molar-refractivity contribution in [3.05, 3.63) is 6.33 Å². The summed E-state index contributed by atoms with van der Waals surface area (Å²) in [5.41, 5.74) is 5.35. The highest BCUT2D eigenvalue weighted by Crippen LogP contribution is 2.19. The molecule has 2 unspecified atom stereocenters. The van der Waals surface area contributed by atoms with E-state index in [1.54, 1.807) is 0 Å². The quantitative estimate of drug-likeness (QED) is 0.731. The molecule has 1 amide bonds. The Morgan fingerprint density at radius 3 is 3.18 bits per heavy atom. The van der Waals surface area contributed by atoms with Crippen LogP contribution < -0.4 is 11.1 Å². The van der Waals surface area contributed by atoms with Gasteiger partial charge in [-0.3, -0.25) is 4.79 Å². The Balaban J connectivity index is 1.74. The van der Waals surface area contributed by atoms with Crippen LogP contribution in [0.3, 0.4) is 0 Å². The molecule has 1 aliphatic heterocycles. The summed E-state index contributed by atoms with van der Waals surface area (Å²) in [6.45, 7) is 3.60. The zero-order chi connectivity index (χ0) is 12.3. The molecule has 0 aromatic carbocycles. The SMILES string of the molecule is CC1OCCC1CNC(=O)Cn1cnc(N)n1. The first-order chi connectivity index (χ1) is 8.15. The summed E-state index contributed by atoms with van der Waals surface area (Å²) in [4.78, 5) is 15.4. The lowest BCUT2D eigenvalue weighted by atomic mass is 10.0. The Labute approximate surface area is 99.3 Å². The molecule has 1 saturated heterocycles. The van der Waals surface area contributed by atoms with Crippen LogP contribution in [-0.2, 0) is 16.1 Å². The van der Waals surface area contributed by atoms with E-state index in [4.69, 9.17) is 10.5 Å². The largest absolute Gasteiger partial charge is 0.378 e. The molecule has 0 bridgehead atoms. The van der Waals surface area contributed by atoms with Gasteiger partial charge in [0.2, 0.25) is 11.9 Å². The lowest BCUT2D eigenvalue weighted by molar-refractivity contribution is -0.122. The average molecular weight is 239 g/mol. The molecule has 0 saturated carbocycles. The van der Waals surface area contributed by atoms with Crippen molar-refractivity contribution >= 4 is 11.9 Å². The van der Waals surface area contributed by atoms with E-state index in [1.165, 1.54) is 11.0 Å². The van der Waals surface area contributed by atoms with Crippen molar-refractivity contribution in [1.82, 2.24) is 20.1 Å². The summed E-state index contributed by atoms with van der Waals surface area (Å²) in [5.74, 6) is 0.490. The third-order valence-corrected chi connectivity index (χ3v) is 2.95. The second-order valence-corrected chi connectivity index (χ2v) is 4.23. The predicted molar refractivity (Wildman–Crippen MR) is 61.0 cm³/mol. The number of amides is 1. The topological polar surface area (TPSA) is 95.1 Å². The number of nitrogen functional groups attached to an aromatic ring is 1. The fourth-order valence-corrected chi connectivity index (χ4v) is 1.88. The number of hydrogen-bond acceptors (Lipinski definition) is 5. The van der Waals surface area contributed by atoms with Gasteiger partial charge in [-0.1, -0.05) is 0 Å². The molecular weight excluding hydrogens is 222 g/mol. The van der Waals surface area contributed by atoms with Crippen LogP contribution in [0.5, 0.6) is 0 Å². The van der Waals surface area contributed by atoms with Crippen LogP contribution in [0.4, 0.5) is 5.95 Å². The highest BCUT2D eigenvalue weighted by Gasteiger charge is 2.24. The number of carbonyl (C=O) groups is 1. The molecule has 3 N–H and O–H groups in total. The van der Waals surface area contributed by atoms with Crippen molar-refractivity contribution in [1.29, 1.82) is 0 Å². The van der Waals surface area contributed by atoms with E-state index in [9.17, 15) is 4.79 Å². The summed E-state index contributed by atoms with van der Waals surface area (Å²) in [5, 5.41) is 6.71. The Morgan fingerprint density at radius 1 is 1.76 bits per heavy atom. The maximum atomic E-state index is 11.6. The highest BCUT2D eigenvalue weighted by molar-refractivity contribution is 5.75. The second kappa shape index (κ2) is 5.13. The smallest absolute Gasteiger partial charge is 0.241 e. The molecule has 2 heterocycles. The lowest BCUT2D eigenvalue weighted by Crippen LogP contribution is -2.34. The molecule has 0 radical (unpaired) electrons. The summed E-state index contributed by atoms with van der Waals surface area (Å²) >= 11 is 0. The van der Waals surface area contributed by atoms with Crippen LogP contribution >= 0.6 is 0 Å². The first-order valence-electron chi connectivity index (χ1n) is 5.68. The van der Waals surface area contributed by atoms with E-state index >= 15 is 0 Å². The number of rotatable bonds is 4. The second-order valence-electron chi connectivity index (χ2n) is 4.23. The molecule has 94 valence electrons. The third kappa shape index (κ3) is 3.16. The maximum absolute atomic E-state index is 11.6. The Hall–Kier alpha value is -1.63. The molecular formula is C10H17N5O2. The summed E-state index contributed by atoms with van der Waals surface area (Å²) < 4.78 is 6.84. The van der Waals surface area contributed by atoms with Crippen molar-refractivity contribution in [2.45, 2.75) is 26.0 Å². The van der Waals surface area contributed by atoms with E-state index in [2.05, 4.69) is 15.4 Å². The van der Waals surface area contributed by atoms with Crippen molar-refractivity contribution in [2.24, 2.45) is 5.92 Å². The summed E-state index contributed by atoms with van der Waals surface area (Å²) in [6.07, 6.45) is 2.66. The van der Waals surface area contributed by atoms with Gasteiger partial charge in [0.05, 0.1) is 6.10 Å². The van der Waals surface area contributed by atoms with E-state index in [0.29, 0.717) is 12.5 Å². The maximum Gasteiger partial charge on any atom is 0.241 e. The van der Waals surface area contributed by atoms with Gasteiger partial charge in [-0.25, -0.2) is 9.67 Å². The number of ether oxygens (including phenoxy) is 1. The Bertz CT molecular complexity index is 392. The van der Waals surface area contributed by atoms with Gasteiger partial charge in [0, 0.05) is 19.1 Å². The molecule has 7 nitrogen and oxygen atoms in total. The van der Waals surface area contributed by atoms with Crippen LogP contribution in [-0.4, -0.2) is 39.9 Å². The molecule has 7 heteroatoms. The van der Waals surface area contributed by atoms with Gasteiger partial charge < -0.3 is 15.8 Å². The third-order valence-electron chi connectivity index (χ3n) is 2.95. The highest BCUT2D eigenvalue weighted by atomic mass is 16.5. The van der Waals surface area contributed by atoms with Gasteiger partial charge in [0.15, 0.2) is 0 Å². The zero-order valence-electron chi connectivity index (χ0n) is 9.80. The molecule has 0 spiro atoms. The minimum atomic E-state index is -0.0889. The number of nitrogens with one attached hydrogen (secondary N) is 1. The summed E-state index contributed by atoms with van der Waals surface area (Å²) in [7, 11) is 0. The fraction of sp³-hybridized carbons (Fsp3) is 0.700. The van der Waals surface area contributed by atoms with E-state index in [1.807, 2.05) is 6.92 Å². The minimum Gasteiger partial charge on any atom is -0.378 e. The van der Waals surface area contributed by atoms with Crippen molar-refractivity contribution in [2.75, 3.05) is 18.9 Å². The van der Waals surface area contributed by atoms with Crippen molar-refractivity contribution < 1.29 is 9.53 Å². The molecule has 0 aliphatic carbocycles. The first-order valence-corrected chi connectivity index (χ1v) is 5.68. The molecule has 17 heavy (non-hydrogen) atoms. The number of nitrogens with two attached hydrogens (primary N) is 1. The zero-order valence-corrected chi connectivity index (χ0v) is 9.80. The average Bonchev–Trinajstić information content (AvgIpc) is 2.85. The van der Waals surface area contributed by atoms with Gasteiger partial charge in [-0.2, -0.15) is 0 Å². The van der Waals surface area contributed by atoms with Crippen LogP contribution in [0.1, 0.15) is 13.3 Å². The first kappa shape index (κ1) is 11.8. The molecule has 2 rings (SSSR count). The van der Waals surface area contributed by atoms with E-state index in [0.717, 1.165) is 13.0 Å². The van der Waals surface area contributed by atoms with Gasteiger partial charge in [0.1, 0.15) is 12.9 Å². The van der Waals surface area contributed by atoms with Crippen LogP contribution in [0, 0.1) is 5.92 Å². The lowest BCUT2D eigenvalue weighted by Gasteiger charge is -2.14. The number of aromatic nitrogens is 3. The normalized spacial score (nSPS) is 23.8. The molecule has 1 aromatic rings. The van der Waals surface area contributed by atoms with E-state index < -0.39 is 0 Å². The standard InChI is InChI=1S/C10H17N5O2/c1-7-8(2-3-17-7)4-12-9(16)5-15-6-13-10(11)14-15/h6-8H,2-5H2,1H3,(H2,11,14)(H,12,16). The fourth-order valence-electron chi connectivity index (χ4n) is 1.88. The molecule has 1 fully saturated rings. The molecule has 2 atom stereocenters. The minimum absolute atomic E-state index is 0.0889.